The average molecular weight is 213 g/mol. The molecule has 3 nitrogen and oxygen atoms in total. The summed E-state index contributed by atoms with van der Waals surface area (Å²) in [5, 5.41) is 2.05. The number of carbonyl (C=O) groups is 1. The molecule has 0 saturated heterocycles. The van der Waals surface area contributed by atoms with E-state index in [9.17, 15) is 4.79 Å². The minimum Gasteiger partial charge on any atom is -0.465 e. The number of hydrogen-bond acceptors (Lipinski definition) is 4. The molecule has 0 bridgehead atoms. The van der Waals surface area contributed by atoms with Crippen molar-refractivity contribution in [3.05, 3.63) is 21.9 Å². The van der Waals surface area contributed by atoms with E-state index in [1.807, 2.05) is 18.4 Å². The quantitative estimate of drug-likeness (QED) is 0.771. The minimum atomic E-state index is -0.534. The number of aryl methyl sites for hydroxylation is 1. The first kappa shape index (κ1) is 11.2. The molecule has 1 atom stereocenters. The van der Waals surface area contributed by atoms with Gasteiger partial charge in [0.05, 0.1) is 6.61 Å². The monoisotopic (exact) mass is 213 g/mol. The van der Waals surface area contributed by atoms with Crippen molar-refractivity contribution < 1.29 is 9.53 Å². The van der Waals surface area contributed by atoms with Gasteiger partial charge in [-0.25, -0.2) is 0 Å². The highest BCUT2D eigenvalue weighted by Gasteiger charge is 2.15. The molecule has 1 aromatic heterocycles. The normalized spacial score (nSPS) is 12.5. The number of nitrogens with two attached hydrogens (primary N) is 1. The van der Waals surface area contributed by atoms with Crippen molar-refractivity contribution in [3.8, 4) is 0 Å². The third-order valence-corrected chi connectivity index (χ3v) is 2.87. The van der Waals surface area contributed by atoms with Crippen molar-refractivity contribution in [1.82, 2.24) is 0 Å². The Kier molecular flexibility index (Phi) is 4.10. The maximum Gasteiger partial charge on any atom is 0.323 e. The summed E-state index contributed by atoms with van der Waals surface area (Å²) in [6, 6.07) is 1.51. The molecule has 14 heavy (non-hydrogen) atoms. The van der Waals surface area contributed by atoms with E-state index in [1.54, 1.807) is 18.3 Å². The van der Waals surface area contributed by atoms with Crippen LogP contribution in [0.4, 0.5) is 0 Å². The predicted molar refractivity (Wildman–Crippen MR) is 57.4 cm³/mol. The van der Waals surface area contributed by atoms with E-state index in [4.69, 9.17) is 10.5 Å². The molecule has 1 rings (SSSR count). The van der Waals surface area contributed by atoms with E-state index < -0.39 is 6.04 Å². The zero-order valence-corrected chi connectivity index (χ0v) is 9.26. The third kappa shape index (κ3) is 3.12. The highest BCUT2D eigenvalue weighted by Crippen LogP contribution is 2.15. The molecule has 0 aromatic carbocycles. The molecular weight excluding hydrogens is 198 g/mol. The fourth-order valence-electron chi connectivity index (χ4n) is 1.15. The van der Waals surface area contributed by atoms with Crippen LogP contribution >= 0.6 is 11.3 Å². The molecule has 1 heterocycles. The van der Waals surface area contributed by atoms with Crippen LogP contribution in [0.25, 0.3) is 0 Å². The van der Waals surface area contributed by atoms with Gasteiger partial charge in [0, 0.05) is 11.3 Å². The van der Waals surface area contributed by atoms with Gasteiger partial charge in [0.25, 0.3) is 0 Å². The highest BCUT2D eigenvalue weighted by atomic mass is 32.1. The van der Waals surface area contributed by atoms with Gasteiger partial charge < -0.3 is 10.5 Å². The molecule has 0 radical (unpaired) electrons. The Morgan fingerprint density at radius 1 is 1.71 bits per heavy atom. The minimum absolute atomic E-state index is 0.321. The number of rotatable bonds is 4. The Morgan fingerprint density at radius 3 is 2.93 bits per heavy atom. The van der Waals surface area contributed by atoms with E-state index in [2.05, 4.69) is 0 Å². The molecule has 78 valence electrons. The zero-order valence-electron chi connectivity index (χ0n) is 8.45. The van der Waals surface area contributed by atoms with Crippen LogP contribution in [0.15, 0.2) is 11.4 Å². The van der Waals surface area contributed by atoms with E-state index in [0.29, 0.717) is 13.0 Å². The van der Waals surface area contributed by atoms with Crippen molar-refractivity contribution in [1.29, 1.82) is 0 Å². The van der Waals surface area contributed by atoms with Crippen molar-refractivity contribution in [2.24, 2.45) is 5.73 Å². The Labute approximate surface area is 87.9 Å². The van der Waals surface area contributed by atoms with Crippen LogP contribution in [0.3, 0.4) is 0 Å². The van der Waals surface area contributed by atoms with Crippen LogP contribution in [-0.4, -0.2) is 18.6 Å². The zero-order chi connectivity index (χ0) is 10.6. The summed E-state index contributed by atoms with van der Waals surface area (Å²) in [5.41, 5.74) is 6.89. The topological polar surface area (TPSA) is 52.3 Å². The van der Waals surface area contributed by atoms with Gasteiger partial charge in [0.1, 0.15) is 6.04 Å². The summed E-state index contributed by atoms with van der Waals surface area (Å²) < 4.78 is 4.82. The van der Waals surface area contributed by atoms with Crippen LogP contribution in [0.1, 0.15) is 17.4 Å². The molecule has 0 aliphatic carbocycles. The molecule has 0 spiro atoms. The van der Waals surface area contributed by atoms with Crippen LogP contribution in [0.2, 0.25) is 0 Å². The second-order valence-electron chi connectivity index (χ2n) is 3.15. The van der Waals surface area contributed by atoms with Crippen molar-refractivity contribution in [2.75, 3.05) is 6.61 Å². The lowest BCUT2D eigenvalue weighted by molar-refractivity contribution is -0.144. The summed E-state index contributed by atoms with van der Waals surface area (Å²) in [7, 11) is 0. The Morgan fingerprint density at radius 2 is 2.43 bits per heavy atom. The number of ether oxygens (including phenoxy) is 1. The van der Waals surface area contributed by atoms with Gasteiger partial charge >= 0.3 is 5.97 Å². The van der Waals surface area contributed by atoms with Crippen molar-refractivity contribution >= 4 is 17.3 Å². The van der Waals surface area contributed by atoms with Gasteiger partial charge in [0.15, 0.2) is 0 Å². The highest BCUT2D eigenvalue weighted by molar-refractivity contribution is 7.10. The largest absolute Gasteiger partial charge is 0.465 e. The molecule has 0 aliphatic heterocycles. The van der Waals surface area contributed by atoms with Crippen molar-refractivity contribution in [3.63, 3.8) is 0 Å². The molecule has 0 aliphatic rings. The van der Waals surface area contributed by atoms with Crippen LogP contribution in [-0.2, 0) is 16.0 Å². The number of thiophene rings is 1. The van der Waals surface area contributed by atoms with Crippen LogP contribution in [0, 0.1) is 6.92 Å². The van der Waals surface area contributed by atoms with Gasteiger partial charge in [0.2, 0.25) is 0 Å². The van der Waals surface area contributed by atoms with Gasteiger partial charge in [-0.1, -0.05) is 0 Å². The smallest absolute Gasteiger partial charge is 0.323 e. The lowest BCUT2D eigenvalue weighted by atomic mass is 10.2. The Balaban J connectivity index is 2.48. The summed E-state index contributed by atoms with van der Waals surface area (Å²) in [4.78, 5) is 12.3. The van der Waals surface area contributed by atoms with E-state index >= 15 is 0 Å². The predicted octanol–water partition coefficient (Wildman–Crippen LogP) is 1.49. The van der Waals surface area contributed by atoms with Gasteiger partial charge in [-0.15, -0.1) is 11.3 Å². The van der Waals surface area contributed by atoms with Crippen molar-refractivity contribution in [2.45, 2.75) is 26.3 Å². The summed E-state index contributed by atoms with van der Waals surface area (Å²) in [6.45, 7) is 4.19. The Hall–Kier alpha value is -0.870. The average Bonchev–Trinajstić information content (AvgIpc) is 2.51. The number of hydrogen-bond donors (Lipinski definition) is 1. The van der Waals surface area contributed by atoms with E-state index in [-0.39, 0.29) is 5.97 Å². The maximum atomic E-state index is 11.2. The van der Waals surface area contributed by atoms with Gasteiger partial charge in [-0.3, -0.25) is 4.79 Å². The van der Waals surface area contributed by atoms with Crippen LogP contribution in [0.5, 0.6) is 0 Å². The second-order valence-corrected chi connectivity index (χ2v) is 4.15. The number of esters is 1. The second kappa shape index (κ2) is 5.12. The fraction of sp³-hybridized carbons (Fsp3) is 0.500. The lowest BCUT2D eigenvalue weighted by Crippen LogP contribution is -2.34. The van der Waals surface area contributed by atoms with Crippen LogP contribution < -0.4 is 5.73 Å². The molecule has 1 aromatic rings. The van der Waals surface area contributed by atoms with Gasteiger partial charge in [-0.05, 0) is 30.9 Å². The first-order valence-corrected chi connectivity index (χ1v) is 5.47. The molecule has 0 saturated carbocycles. The molecule has 0 fully saturated rings. The molecule has 4 heteroatoms. The summed E-state index contributed by atoms with van der Waals surface area (Å²) in [5.74, 6) is -0.321. The first-order valence-electron chi connectivity index (χ1n) is 4.59. The number of carbonyl (C=O) groups excluding carboxylic acids is 1. The standard InChI is InChI=1S/C10H15NO2S/c1-3-13-10(12)9(11)5-8-4-7(2)6-14-8/h4,6,9H,3,5,11H2,1-2H3/t9-/m1/s1. The lowest BCUT2D eigenvalue weighted by Gasteiger charge is -2.08. The fourth-order valence-corrected chi connectivity index (χ4v) is 2.08. The molecule has 0 amide bonds. The first-order chi connectivity index (χ1) is 6.63. The Bertz CT molecular complexity index is 309. The maximum absolute atomic E-state index is 11.2. The van der Waals surface area contributed by atoms with E-state index in [0.717, 1.165) is 4.88 Å². The SMILES string of the molecule is CCOC(=O)[C@H](N)Cc1cc(C)cs1. The van der Waals surface area contributed by atoms with Gasteiger partial charge in [-0.2, -0.15) is 0 Å². The van der Waals surface area contributed by atoms with E-state index in [1.165, 1.54) is 5.56 Å². The molecule has 0 unspecified atom stereocenters. The summed E-state index contributed by atoms with van der Waals surface area (Å²) in [6.07, 6.45) is 0.567. The molecule has 2 N–H and O–H groups in total. The molecular formula is C10H15NO2S. The summed E-state index contributed by atoms with van der Waals surface area (Å²) >= 11 is 1.63. The third-order valence-electron chi connectivity index (χ3n) is 1.80.